The lowest BCUT2D eigenvalue weighted by Crippen LogP contribution is -2.44. The van der Waals surface area contributed by atoms with Crippen LogP contribution in [0.2, 0.25) is 0 Å². The van der Waals surface area contributed by atoms with E-state index < -0.39 is 0 Å². The number of ether oxygens (including phenoxy) is 2. The van der Waals surface area contributed by atoms with Crippen molar-refractivity contribution in [2.24, 2.45) is 0 Å². The molecule has 0 radical (unpaired) electrons. The maximum atomic E-state index is 11.7. The average Bonchev–Trinajstić information content (AvgIpc) is 2.45. The summed E-state index contributed by atoms with van der Waals surface area (Å²) in [6.07, 6.45) is 0.441. The van der Waals surface area contributed by atoms with Gasteiger partial charge in [-0.15, -0.1) is 12.4 Å². The summed E-state index contributed by atoms with van der Waals surface area (Å²) >= 11 is 3.38. The van der Waals surface area contributed by atoms with Gasteiger partial charge in [-0.1, -0.05) is 22.0 Å². The fourth-order valence-electron chi connectivity index (χ4n) is 1.96. The van der Waals surface area contributed by atoms with Crippen LogP contribution in [0, 0.1) is 0 Å². The maximum Gasteiger partial charge on any atom is 0.221 e. The first-order valence-corrected chi connectivity index (χ1v) is 7.49. The number of hydrogen-bond donors (Lipinski definition) is 2. The first-order chi connectivity index (χ1) is 9.74. The minimum Gasteiger partial charge on any atom is -0.492 e. The Balaban J connectivity index is 0.00000220. The first-order valence-electron chi connectivity index (χ1n) is 6.70. The smallest absolute Gasteiger partial charge is 0.221 e. The zero-order valence-electron chi connectivity index (χ0n) is 11.6. The second kappa shape index (κ2) is 10.00. The fraction of sp³-hybridized carbons (Fsp3) is 0.500. The molecular weight excluding hydrogens is 360 g/mol. The molecule has 0 aromatic heterocycles. The monoisotopic (exact) mass is 378 g/mol. The summed E-state index contributed by atoms with van der Waals surface area (Å²) in [4.78, 5) is 11.7. The third kappa shape index (κ3) is 7.13. The Morgan fingerprint density at radius 2 is 2.38 bits per heavy atom. The fourth-order valence-corrected chi connectivity index (χ4v) is 2.34. The number of hydrogen-bond acceptors (Lipinski definition) is 4. The molecule has 1 unspecified atom stereocenters. The number of carbonyl (C=O) groups excluding carboxylic acids is 1. The van der Waals surface area contributed by atoms with Gasteiger partial charge in [-0.05, 0) is 18.2 Å². The first kappa shape index (κ1) is 18.2. The summed E-state index contributed by atoms with van der Waals surface area (Å²) in [7, 11) is 0. The molecule has 0 bridgehead atoms. The van der Waals surface area contributed by atoms with E-state index >= 15 is 0 Å². The van der Waals surface area contributed by atoms with Gasteiger partial charge in [0, 0.05) is 23.5 Å². The number of halogens is 2. The van der Waals surface area contributed by atoms with E-state index in [1.54, 1.807) is 0 Å². The molecule has 1 fully saturated rings. The topological polar surface area (TPSA) is 59.6 Å². The molecular formula is C14H20BrClN2O3. The molecule has 1 aliphatic rings. The SMILES string of the molecule is Cl.O=C(CC1COCCN1)NCCOc1cccc(Br)c1. The van der Waals surface area contributed by atoms with Gasteiger partial charge < -0.3 is 20.1 Å². The van der Waals surface area contributed by atoms with Crippen molar-refractivity contribution >= 4 is 34.2 Å². The molecule has 1 atom stereocenters. The van der Waals surface area contributed by atoms with Crippen LogP contribution in [0.5, 0.6) is 5.75 Å². The van der Waals surface area contributed by atoms with Gasteiger partial charge in [0.05, 0.1) is 19.8 Å². The molecule has 1 heterocycles. The van der Waals surface area contributed by atoms with E-state index in [9.17, 15) is 4.79 Å². The molecule has 1 aliphatic heterocycles. The van der Waals surface area contributed by atoms with Crippen molar-refractivity contribution in [3.05, 3.63) is 28.7 Å². The standard InChI is InChI=1S/C14H19BrN2O3.ClH/c15-11-2-1-3-13(8-11)20-7-5-17-14(18)9-12-10-19-6-4-16-12;/h1-3,8,12,16H,4-7,9-10H2,(H,17,18);1H. The summed E-state index contributed by atoms with van der Waals surface area (Å²) in [5.74, 6) is 0.807. The second-order valence-electron chi connectivity index (χ2n) is 4.59. The average molecular weight is 380 g/mol. The van der Waals surface area contributed by atoms with Crippen LogP contribution in [-0.2, 0) is 9.53 Å². The summed E-state index contributed by atoms with van der Waals surface area (Å²) in [5, 5.41) is 6.09. The van der Waals surface area contributed by atoms with Crippen LogP contribution in [0.1, 0.15) is 6.42 Å². The molecule has 1 aromatic rings. The molecule has 21 heavy (non-hydrogen) atoms. The van der Waals surface area contributed by atoms with Crippen LogP contribution in [0.25, 0.3) is 0 Å². The van der Waals surface area contributed by atoms with Crippen molar-refractivity contribution in [1.29, 1.82) is 0 Å². The zero-order valence-corrected chi connectivity index (χ0v) is 14.0. The summed E-state index contributed by atoms with van der Waals surface area (Å²) in [5.41, 5.74) is 0. The van der Waals surface area contributed by atoms with Crippen molar-refractivity contribution in [2.75, 3.05) is 32.9 Å². The van der Waals surface area contributed by atoms with Crippen LogP contribution in [0.15, 0.2) is 28.7 Å². The summed E-state index contributed by atoms with van der Waals surface area (Å²) in [6.45, 7) is 3.08. The Morgan fingerprint density at radius 1 is 1.52 bits per heavy atom. The molecule has 1 amide bonds. The lowest BCUT2D eigenvalue weighted by Gasteiger charge is -2.23. The molecule has 0 aliphatic carbocycles. The lowest BCUT2D eigenvalue weighted by molar-refractivity contribution is -0.122. The molecule has 0 saturated carbocycles. The molecule has 1 saturated heterocycles. The van der Waals surface area contributed by atoms with E-state index in [2.05, 4.69) is 26.6 Å². The maximum absolute atomic E-state index is 11.7. The number of morpholine rings is 1. The zero-order chi connectivity index (χ0) is 14.2. The minimum absolute atomic E-state index is 0. The molecule has 118 valence electrons. The van der Waals surface area contributed by atoms with Gasteiger partial charge in [0.2, 0.25) is 5.91 Å². The van der Waals surface area contributed by atoms with Crippen LogP contribution >= 0.6 is 28.3 Å². The minimum atomic E-state index is 0. The Labute approximate surface area is 139 Å². The van der Waals surface area contributed by atoms with E-state index in [0.717, 1.165) is 23.4 Å². The number of nitrogens with one attached hydrogen (secondary N) is 2. The molecule has 2 N–H and O–H groups in total. The quantitative estimate of drug-likeness (QED) is 0.739. The van der Waals surface area contributed by atoms with Crippen molar-refractivity contribution in [1.82, 2.24) is 10.6 Å². The number of benzene rings is 1. The van der Waals surface area contributed by atoms with Crippen LogP contribution in [0.4, 0.5) is 0 Å². The number of rotatable bonds is 6. The normalized spacial score (nSPS) is 17.7. The van der Waals surface area contributed by atoms with Crippen molar-refractivity contribution < 1.29 is 14.3 Å². The highest BCUT2D eigenvalue weighted by molar-refractivity contribution is 9.10. The van der Waals surface area contributed by atoms with E-state index in [-0.39, 0.29) is 24.4 Å². The van der Waals surface area contributed by atoms with Crippen molar-refractivity contribution in [2.45, 2.75) is 12.5 Å². The largest absolute Gasteiger partial charge is 0.492 e. The Bertz CT molecular complexity index is 442. The van der Waals surface area contributed by atoms with Gasteiger partial charge in [-0.25, -0.2) is 0 Å². The number of amides is 1. The molecule has 1 aromatic carbocycles. The van der Waals surface area contributed by atoms with Gasteiger partial charge in [0.25, 0.3) is 0 Å². The van der Waals surface area contributed by atoms with Gasteiger partial charge in [0.1, 0.15) is 12.4 Å². The van der Waals surface area contributed by atoms with E-state index in [0.29, 0.717) is 26.2 Å². The summed E-state index contributed by atoms with van der Waals surface area (Å²) < 4.78 is 11.8. The van der Waals surface area contributed by atoms with Gasteiger partial charge in [-0.2, -0.15) is 0 Å². The highest BCUT2D eigenvalue weighted by atomic mass is 79.9. The van der Waals surface area contributed by atoms with Gasteiger partial charge in [-0.3, -0.25) is 4.79 Å². The predicted molar refractivity (Wildman–Crippen MR) is 87.1 cm³/mol. The van der Waals surface area contributed by atoms with Gasteiger partial charge in [0.15, 0.2) is 0 Å². The van der Waals surface area contributed by atoms with E-state index in [4.69, 9.17) is 9.47 Å². The highest BCUT2D eigenvalue weighted by Crippen LogP contribution is 2.17. The van der Waals surface area contributed by atoms with Gasteiger partial charge >= 0.3 is 0 Å². The van der Waals surface area contributed by atoms with Crippen LogP contribution in [0.3, 0.4) is 0 Å². The van der Waals surface area contributed by atoms with Crippen LogP contribution < -0.4 is 15.4 Å². The third-order valence-corrected chi connectivity index (χ3v) is 3.41. The number of carbonyl (C=O) groups is 1. The second-order valence-corrected chi connectivity index (χ2v) is 5.50. The molecule has 7 heteroatoms. The highest BCUT2D eigenvalue weighted by Gasteiger charge is 2.16. The van der Waals surface area contributed by atoms with Crippen molar-refractivity contribution in [3.8, 4) is 5.75 Å². The summed E-state index contributed by atoms with van der Waals surface area (Å²) in [6, 6.07) is 7.75. The lowest BCUT2D eigenvalue weighted by atomic mass is 10.2. The van der Waals surface area contributed by atoms with Crippen LogP contribution in [-0.4, -0.2) is 44.9 Å². The Kier molecular flexibility index (Phi) is 8.68. The third-order valence-electron chi connectivity index (χ3n) is 2.92. The van der Waals surface area contributed by atoms with Crippen molar-refractivity contribution in [3.63, 3.8) is 0 Å². The molecule has 0 spiro atoms. The molecule has 5 nitrogen and oxygen atoms in total. The Hall–Kier alpha value is -0.820. The molecule has 2 rings (SSSR count). The Morgan fingerprint density at radius 3 is 3.10 bits per heavy atom. The van der Waals surface area contributed by atoms with E-state index in [1.807, 2.05) is 24.3 Å². The van der Waals surface area contributed by atoms with E-state index in [1.165, 1.54) is 0 Å². The predicted octanol–water partition coefficient (Wildman–Crippen LogP) is 1.74.